The summed E-state index contributed by atoms with van der Waals surface area (Å²) in [6, 6.07) is 5.47. The van der Waals surface area contributed by atoms with Crippen LogP contribution in [0.2, 0.25) is 0 Å². The molecule has 3 nitrogen and oxygen atoms in total. The lowest BCUT2D eigenvalue weighted by atomic mass is 10.1. The SMILES string of the molecule is COc1ccc(CCNCCC(F)(F)F)cc1OC. The van der Waals surface area contributed by atoms with Crippen molar-refractivity contribution in [2.45, 2.75) is 19.0 Å². The minimum Gasteiger partial charge on any atom is -0.493 e. The number of hydrogen-bond donors (Lipinski definition) is 1. The highest BCUT2D eigenvalue weighted by molar-refractivity contribution is 5.42. The van der Waals surface area contributed by atoms with Crippen LogP contribution in [0.25, 0.3) is 0 Å². The van der Waals surface area contributed by atoms with Crippen molar-refractivity contribution in [3.63, 3.8) is 0 Å². The summed E-state index contributed by atoms with van der Waals surface area (Å²) in [6.07, 6.45) is -4.27. The fourth-order valence-corrected chi connectivity index (χ4v) is 1.62. The highest BCUT2D eigenvalue weighted by Gasteiger charge is 2.25. The average molecular weight is 277 g/mol. The molecule has 6 heteroatoms. The van der Waals surface area contributed by atoms with Crippen molar-refractivity contribution in [3.05, 3.63) is 23.8 Å². The van der Waals surface area contributed by atoms with E-state index < -0.39 is 12.6 Å². The van der Waals surface area contributed by atoms with Gasteiger partial charge in [-0.25, -0.2) is 0 Å². The second-order valence-corrected chi connectivity index (χ2v) is 4.05. The van der Waals surface area contributed by atoms with E-state index in [9.17, 15) is 13.2 Å². The zero-order chi connectivity index (χ0) is 14.3. The molecule has 0 spiro atoms. The lowest BCUT2D eigenvalue weighted by Gasteiger charge is -2.10. The molecule has 0 aromatic heterocycles. The largest absolute Gasteiger partial charge is 0.493 e. The van der Waals surface area contributed by atoms with Gasteiger partial charge in [0.05, 0.1) is 20.6 Å². The van der Waals surface area contributed by atoms with E-state index in [-0.39, 0.29) is 6.54 Å². The van der Waals surface area contributed by atoms with Gasteiger partial charge in [-0.15, -0.1) is 0 Å². The third kappa shape index (κ3) is 5.83. The number of rotatable bonds is 7. The van der Waals surface area contributed by atoms with E-state index in [1.807, 2.05) is 12.1 Å². The Labute approximate surface area is 110 Å². The fraction of sp³-hybridized carbons (Fsp3) is 0.538. The van der Waals surface area contributed by atoms with Crippen molar-refractivity contribution in [1.82, 2.24) is 5.32 Å². The maximum Gasteiger partial charge on any atom is 0.390 e. The minimum atomic E-state index is -4.10. The zero-order valence-electron chi connectivity index (χ0n) is 11.0. The molecule has 0 aliphatic carbocycles. The van der Waals surface area contributed by atoms with Gasteiger partial charge in [0.2, 0.25) is 0 Å². The van der Waals surface area contributed by atoms with Gasteiger partial charge in [0.15, 0.2) is 11.5 Å². The second kappa shape index (κ2) is 7.23. The molecule has 1 aromatic carbocycles. The molecule has 0 saturated heterocycles. The van der Waals surface area contributed by atoms with E-state index in [2.05, 4.69) is 5.32 Å². The Morgan fingerprint density at radius 1 is 1.05 bits per heavy atom. The van der Waals surface area contributed by atoms with Gasteiger partial charge in [-0.1, -0.05) is 6.07 Å². The highest BCUT2D eigenvalue weighted by Crippen LogP contribution is 2.27. The molecule has 0 bridgehead atoms. The van der Waals surface area contributed by atoms with Gasteiger partial charge in [0.1, 0.15) is 0 Å². The van der Waals surface area contributed by atoms with Crippen LogP contribution < -0.4 is 14.8 Å². The molecular formula is C13H18F3NO2. The second-order valence-electron chi connectivity index (χ2n) is 4.05. The standard InChI is InChI=1S/C13H18F3NO2/c1-18-11-4-3-10(9-12(11)19-2)5-7-17-8-6-13(14,15)16/h3-4,9,17H,5-8H2,1-2H3. The van der Waals surface area contributed by atoms with Crippen LogP contribution >= 0.6 is 0 Å². The Morgan fingerprint density at radius 2 is 1.74 bits per heavy atom. The van der Waals surface area contributed by atoms with Crippen molar-refractivity contribution in [1.29, 1.82) is 0 Å². The van der Waals surface area contributed by atoms with Crippen LogP contribution in [0.15, 0.2) is 18.2 Å². The Hall–Kier alpha value is -1.43. The minimum absolute atomic E-state index is 0.0587. The van der Waals surface area contributed by atoms with E-state index in [0.717, 1.165) is 5.56 Å². The molecule has 0 fully saturated rings. The van der Waals surface area contributed by atoms with Gasteiger partial charge in [-0.05, 0) is 30.7 Å². The van der Waals surface area contributed by atoms with Crippen LogP contribution in [0.3, 0.4) is 0 Å². The third-order valence-corrected chi connectivity index (χ3v) is 2.62. The van der Waals surface area contributed by atoms with Crippen LogP contribution in [-0.2, 0) is 6.42 Å². The highest BCUT2D eigenvalue weighted by atomic mass is 19.4. The lowest BCUT2D eigenvalue weighted by Crippen LogP contribution is -2.23. The number of ether oxygens (including phenoxy) is 2. The molecule has 0 aliphatic rings. The van der Waals surface area contributed by atoms with Crippen molar-refractivity contribution in [2.24, 2.45) is 0 Å². The maximum absolute atomic E-state index is 11.9. The summed E-state index contributed by atoms with van der Waals surface area (Å²) in [4.78, 5) is 0. The smallest absolute Gasteiger partial charge is 0.390 e. The molecule has 0 atom stereocenters. The Balaban J connectivity index is 2.37. The summed E-state index contributed by atoms with van der Waals surface area (Å²) < 4.78 is 46.0. The van der Waals surface area contributed by atoms with Gasteiger partial charge >= 0.3 is 6.18 Å². The number of halogens is 3. The maximum atomic E-state index is 11.9. The van der Waals surface area contributed by atoms with Gasteiger partial charge in [0.25, 0.3) is 0 Å². The van der Waals surface area contributed by atoms with E-state index in [4.69, 9.17) is 9.47 Å². The van der Waals surface area contributed by atoms with Gasteiger partial charge in [-0.3, -0.25) is 0 Å². The third-order valence-electron chi connectivity index (χ3n) is 2.62. The number of nitrogens with one attached hydrogen (secondary N) is 1. The normalized spacial score (nSPS) is 11.4. The predicted molar refractivity (Wildman–Crippen MR) is 66.8 cm³/mol. The van der Waals surface area contributed by atoms with Crippen molar-refractivity contribution in [3.8, 4) is 11.5 Å². The number of alkyl halides is 3. The number of benzene rings is 1. The molecular weight excluding hydrogens is 259 g/mol. The number of hydrogen-bond acceptors (Lipinski definition) is 3. The fourth-order valence-electron chi connectivity index (χ4n) is 1.62. The van der Waals surface area contributed by atoms with Gasteiger partial charge in [0, 0.05) is 6.54 Å². The summed E-state index contributed by atoms with van der Waals surface area (Å²) in [5.74, 6) is 1.26. The summed E-state index contributed by atoms with van der Waals surface area (Å²) >= 11 is 0. The Kier molecular flexibility index (Phi) is 5.95. The predicted octanol–water partition coefficient (Wildman–Crippen LogP) is 2.79. The van der Waals surface area contributed by atoms with Crippen LogP contribution in [0.1, 0.15) is 12.0 Å². The summed E-state index contributed by atoms with van der Waals surface area (Å²) in [5.41, 5.74) is 0.983. The van der Waals surface area contributed by atoms with E-state index in [1.54, 1.807) is 20.3 Å². The van der Waals surface area contributed by atoms with Crippen LogP contribution in [-0.4, -0.2) is 33.5 Å². The van der Waals surface area contributed by atoms with Crippen molar-refractivity contribution in [2.75, 3.05) is 27.3 Å². The molecule has 0 unspecified atom stereocenters. The molecule has 0 amide bonds. The molecule has 19 heavy (non-hydrogen) atoms. The lowest BCUT2D eigenvalue weighted by molar-refractivity contribution is -0.133. The first-order valence-corrected chi connectivity index (χ1v) is 5.94. The van der Waals surface area contributed by atoms with Gasteiger partial charge in [-0.2, -0.15) is 13.2 Å². The molecule has 0 aliphatic heterocycles. The van der Waals surface area contributed by atoms with Crippen molar-refractivity contribution < 1.29 is 22.6 Å². The number of methoxy groups -OCH3 is 2. The van der Waals surface area contributed by atoms with E-state index in [0.29, 0.717) is 24.5 Å². The van der Waals surface area contributed by atoms with E-state index in [1.165, 1.54) is 0 Å². The topological polar surface area (TPSA) is 30.5 Å². The Morgan fingerprint density at radius 3 is 2.32 bits per heavy atom. The first-order valence-electron chi connectivity index (χ1n) is 5.94. The summed E-state index contributed by atoms with van der Waals surface area (Å²) in [6.45, 7) is 0.433. The molecule has 0 saturated carbocycles. The molecule has 1 rings (SSSR count). The van der Waals surface area contributed by atoms with Crippen molar-refractivity contribution >= 4 is 0 Å². The van der Waals surface area contributed by atoms with Crippen LogP contribution in [0.4, 0.5) is 13.2 Å². The summed E-state index contributed by atoms with van der Waals surface area (Å²) in [7, 11) is 3.10. The van der Waals surface area contributed by atoms with Gasteiger partial charge < -0.3 is 14.8 Å². The zero-order valence-corrected chi connectivity index (χ0v) is 11.0. The monoisotopic (exact) mass is 277 g/mol. The van der Waals surface area contributed by atoms with Crippen LogP contribution in [0.5, 0.6) is 11.5 Å². The average Bonchev–Trinajstić information content (AvgIpc) is 2.36. The first kappa shape index (κ1) is 15.6. The molecule has 0 radical (unpaired) electrons. The van der Waals surface area contributed by atoms with E-state index >= 15 is 0 Å². The molecule has 0 heterocycles. The molecule has 1 aromatic rings. The van der Waals surface area contributed by atoms with Crippen LogP contribution in [0, 0.1) is 0 Å². The Bertz CT molecular complexity index is 394. The molecule has 108 valence electrons. The quantitative estimate of drug-likeness (QED) is 0.777. The summed E-state index contributed by atoms with van der Waals surface area (Å²) in [5, 5.41) is 2.76. The first-order chi connectivity index (χ1) is 8.96. The molecule has 1 N–H and O–H groups in total.